The highest BCUT2D eigenvalue weighted by Crippen LogP contribution is 2.21. The van der Waals surface area contributed by atoms with Crippen molar-refractivity contribution in [3.8, 4) is 0 Å². The van der Waals surface area contributed by atoms with E-state index in [1.807, 2.05) is 0 Å². The van der Waals surface area contributed by atoms with Gasteiger partial charge in [0.15, 0.2) is 0 Å². The molecular formula is C10H22N2. The van der Waals surface area contributed by atoms with Crippen molar-refractivity contribution in [1.82, 2.24) is 4.90 Å². The van der Waals surface area contributed by atoms with E-state index in [4.69, 9.17) is 5.73 Å². The van der Waals surface area contributed by atoms with Gasteiger partial charge in [-0.05, 0) is 33.6 Å². The lowest BCUT2D eigenvalue weighted by atomic mass is 9.97. The summed E-state index contributed by atoms with van der Waals surface area (Å²) in [4.78, 5) is 2.55. The van der Waals surface area contributed by atoms with Crippen LogP contribution in [0, 0.1) is 0 Å². The zero-order chi connectivity index (χ0) is 9.14. The van der Waals surface area contributed by atoms with Gasteiger partial charge in [-0.25, -0.2) is 0 Å². The van der Waals surface area contributed by atoms with Gasteiger partial charge in [0.25, 0.3) is 0 Å². The summed E-state index contributed by atoms with van der Waals surface area (Å²) in [6, 6.07) is 1.78. The molecule has 0 aromatic rings. The molecule has 0 aromatic carbocycles. The molecule has 2 N–H and O–H groups in total. The minimum atomic E-state index is 0.313. The normalized spacial score (nSPS) is 35.0. The SMILES string of the molecule is CC1CCCC(C)N1C[C@@H](C)N. The van der Waals surface area contributed by atoms with Crippen molar-refractivity contribution in [1.29, 1.82) is 0 Å². The molecule has 0 bridgehead atoms. The average Bonchev–Trinajstić information content (AvgIpc) is 1.97. The molecule has 0 saturated carbocycles. The fourth-order valence-electron chi connectivity index (χ4n) is 2.17. The molecule has 3 atom stereocenters. The lowest BCUT2D eigenvalue weighted by molar-refractivity contribution is 0.0981. The van der Waals surface area contributed by atoms with Crippen LogP contribution in [0.1, 0.15) is 40.0 Å². The average molecular weight is 170 g/mol. The first-order valence-electron chi connectivity index (χ1n) is 5.12. The van der Waals surface area contributed by atoms with Crippen molar-refractivity contribution in [2.45, 2.75) is 58.2 Å². The monoisotopic (exact) mass is 170 g/mol. The maximum Gasteiger partial charge on any atom is 0.0139 e. The van der Waals surface area contributed by atoms with E-state index >= 15 is 0 Å². The van der Waals surface area contributed by atoms with E-state index in [9.17, 15) is 0 Å². The summed E-state index contributed by atoms with van der Waals surface area (Å²) in [5.41, 5.74) is 5.81. The third-order valence-electron chi connectivity index (χ3n) is 2.87. The van der Waals surface area contributed by atoms with Gasteiger partial charge in [0.05, 0.1) is 0 Å². The predicted molar refractivity (Wildman–Crippen MR) is 53.1 cm³/mol. The van der Waals surface area contributed by atoms with E-state index in [1.165, 1.54) is 19.3 Å². The van der Waals surface area contributed by atoms with Crippen molar-refractivity contribution >= 4 is 0 Å². The highest BCUT2D eigenvalue weighted by molar-refractivity contribution is 4.81. The Labute approximate surface area is 76.1 Å². The van der Waals surface area contributed by atoms with Crippen LogP contribution in [0.2, 0.25) is 0 Å². The first kappa shape index (κ1) is 10.0. The summed E-state index contributed by atoms with van der Waals surface area (Å²) in [6.45, 7) is 7.78. The lowest BCUT2D eigenvalue weighted by Gasteiger charge is -2.39. The van der Waals surface area contributed by atoms with Crippen LogP contribution >= 0.6 is 0 Å². The van der Waals surface area contributed by atoms with Crippen LogP contribution in [0.3, 0.4) is 0 Å². The molecule has 1 heterocycles. The lowest BCUT2D eigenvalue weighted by Crippen LogP contribution is -2.48. The van der Waals surface area contributed by atoms with Crippen LogP contribution in [0.25, 0.3) is 0 Å². The number of hydrogen-bond acceptors (Lipinski definition) is 2. The fraction of sp³-hybridized carbons (Fsp3) is 1.00. The van der Waals surface area contributed by atoms with Crippen LogP contribution in [0.5, 0.6) is 0 Å². The quantitative estimate of drug-likeness (QED) is 0.682. The Morgan fingerprint density at radius 3 is 2.25 bits per heavy atom. The summed E-state index contributed by atoms with van der Waals surface area (Å²) in [6.07, 6.45) is 4.08. The van der Waals surface area contributed by atoms with Gasteiger partial charge < -0.3 is 5.73 Å². The Morgan fingerprint density at radius 2 is 1.83 bits per heavy atom. The minimum Gasteiger partial charge on any atom is -0.327 e. The van der Waals surface area contributed by atoms with Crippen molar-refractivity contribution in [2.75, 3.05) is 6.54 Å². The maximum absolute atomic E-state index is 5.81. The Bertz CT molecular complexity index is 124. The van der Waals surface area contributed by atoms with Crippen LogP contribution in [0.4, 0.5) is 0 Å². The molecule has 2 nitrogen and oxygen atoms in total. The van der Waals surface area contributed by atoms with Gasteiger partial charge in [0.1, 0.15) is 0 Å². The van der Waals surface area contributed by atoms with Crippen molar-refractivity contribution in [3.63, 3.8) is 0 Å². The zero-order valence-corrected chi connectivity index (χ0v) is 8.59. The van der Waals surface area contributed by atoms with E-state index in [0.717, 1.165) is 18.6 Å². The number of nitrogens with two attached hydrogens (primary N) is 1. The fourth-order valence-corrected chi connectivity index (χ4v) is 2.17. The standard InChI is InChI=1S/C10H22N2/c1-8(11)7-12-9(2)5-4-6-10(12)3/h8-10H,4-7,11H2,1-3H3/t8-,9?,10?/m1/s1. The molecule has 1 aliphatic heterocycles. The molecule has 12 heavy (non-hydrogen) atoms. The second-order valence-electron chi connectivity index (χ2n) is 4.30. The first-order chi connectivity index (χ1) is 5.61. The minimum absolute atomic E-state index is 0.313. The molecule has 0 radical (unpaired) electrons. The van der Waals surface area contributed by atoms with Crippen molar-refractivity contribution < 1.29 is 0 Å². The maximum atomic E-state index is 5.81. The van der Waals surface area contributed by atoms with Gasteiger partial charge in [-0.15, -0.1) is 0 Å². The Kier molecular flexibility index (Phi) is 3.53. The first-order valence-corrected chi connectivity index (χ1v) is 5.12. The number of hydrogen-bond donors (Lipinski definition) is 1. The van der Waals surface area contributed by atoms with Crippen LogP contribution < -0.4 is 5.73 Å². The summed E-state index contributed by atoms with van der Waals surface area (Å²) in [5.74, 6) is 0. The largest absolute Gasteiger partial charge is 0.327 e. The highest BCUT2D eigenvalue weighted by Gasteiger charge is 2.24. The smallest absolute Gasteiger partial charge is 0.0139 e. The molecule has 0 aromatic heterocycles. The van der Waals surface area contributed by atoms with E-state index in [-0.39, 0.29) is 0 Å². The molecule has 1 fully saturated rings. The molecule has 72 valence electrons. The molecule has 1 saturated heterocycles. The number of piperidine rings is 1. The Balaban J connectivity index is 2.45. The predicted octanol–water partition coefficient (Wildman–Crippen LogP) is 1.60. The van der Waals surface area contributed by atoms with Gasteiger partial charge in [-0.1, -0.05) is 6.42 Å². The van der Waals surface area contributed by atoms with Crippen LogP contribution in [-0.4, -0.2) is 29.6 Å². The van der Waals surface area contributed by atoms with Gasteiger partial charge in [-0.2, -0.15) is 0 Å². The molecule has 2 heteroatoms. The van der Waals surface area contributed by atoms with Crippen molar-refractivity contribution in [2.24, 2.45) is 5.73 Å². The highest BCUT2D eigenvalue weighted by atomic mass is 15.2. The van der Waals surface area contributed by atoms with E-state index < -0.39 is 0 Å². The molecule has 1 aliphatic rings. The van der Waals surface area contributed by atoms with Gasteiger partial charge in [0, 0.05) is 24.7 Å². The molecule has 0 amide bonds. The van der Waals surface area contributed by atoms with E-state index in [2.05, 4.69) is 25.7 Å². The third kappa shape index (κ3) is 2.46. The Hall–Kier alpha value is -0.0800. The van der Waals surface area contributed by atoms with Gasteiger partial charge in [-0.3, -0.25) is 4.90 Å². The summed E-state index contributed by atoms with van der Waals surface area (Å²) in [5, 5.41) is 0. The summed E-state index contributed by atoms with van der Waals surface area (Å²) in [7, 11) is 0. The van der Waals surface area contributed by atoms with Gasteiger partial charge in [0.2, 0.25) is 0 Å². The Morgan fingerprint density at radius 1 is 1.33 bits per heavy atom. The van der Waals surface area contributed by atoms with E-state index in [1.54, 1.807) is 0 Å². The molecule has 1 rings (SSSR count). The third-order valence-corrected chi connectivity index (χ3v) is 2.87. The van der Waals surface area contributed by atoms with Crippen LogP contribution in [-0.2, 0) is 0 Å². The summed E-state index contributed by atoms with van der Waals surface area (Å²) < 4.78 is 0. The van der Waals surface area contributed by atoms with Gasteiger partial charge >= 0.3 is 0 Å². The number of rotatable bonds is 2. The summed E-state index contributed by atoms with van der Waals surface area (Å²) >= 11 is 0. The molecule has 0 aliphatic carbocycles. The number of nitrogens with zero attached hydrogens (tertiary/aromatic N) is 1. The molecule has 2 unspecified atom stereocenters. The van der Waals surface area contributed by atoms with E-state index in [0.29, 0.717) is 6.04 Å². The molecule has 0 spiro atoms. The van der Waals surface area contributed by atoms with Crippen LogP contribution in [0.15, 0.2) is 0 Å². The topological polar surface area (TPSA) is 29.3 Å². The second-order valence-corrected chi connectivity index (χ2v) is 4.30. The number of likely N-dealkylation sites (tertiary alicyclic amines) is 1. The van der Waals surface area contributed by atoms with Crippen molar-refractivity contribution in [3.05, 3.63) is 0 Å². The molecular weight excluding hydrogens is 148 g/mol. The zero-order valence-electron chi connectivity index (χ0n) is 8.59. The second kappa shape index (κ2) is 4.24.